The molecule has 0 aromatic heterocycles. The number of hydrogen-bond acceptors (Lipinski definition) is 8. The van der Waals surface area contributed by atoms with Crippen LogP contribution in [0.15, 0.2) is 57.7 Å². The van der Waals surface area contributed by atoms with Gasteiger partial charge in [-0.05, 0) is 51.7 Å². The van der Waals surface area contributed by atoms with E-state index in [9.17, 15) is 0 Å². The van der Waals surface area contributed by atoms with Crippen molar-refractivity contribution < 1.29 is 0 Å². The summed E-state index contributed by atoms with van der Waals surface area (Å²) in [6, 6.07) is 0. The van der Waals surface area contributed by atoms with Gasteiger partial charge in [0.05, 0.1) is 16.9 Å². The first kappa shape index (κ1) is 18.6. The van der Waals surface area contributed by atoms with Gasteiger partial charge in [-0.2, -0.15) is 0 Å². The summed E-state index contributed by atoms with van der Waals surface area (Å²) in [4.78, 5) is 7.40. The molecule has 0 fully saturated rings. The van der Waals surface area contributed by atoms with E-state index in [-0.39, 0.29) is 0 Å². The minimum absolute atomic E-state index is 1.08. The van der Waals surface area contributed by atoms with Gasteiger partial charge in [0.2, 0.25) is 0 Å². The molecule has 0 atom stereocenters. The van der Waals surface area contributed by atoms with Gasteiger partial charge in [-0.3, -0.25) is 0 Å². The average Bonchev–Trinajstić information content (AvgIpc) is 3.30. The maximum Gasteiger partial charge on any atom is 0.0700 e. The van der Waals surface area contributed by atoms with Crippen LogP contribution in [0, 0.1) is 0 Å². The minimum atomic E-state index is 1.08. The van der Waals surface area contributed by atoms with Gasteiger partial charge in [-0.15, -0.1) is 0 Å². The van der Waals surface area contributed by atoms with Gasteiger partial charge >= 0.3 is 0 Å². The average molecular weight is 463 g/mol. The zero-order valence-corrected chi connectivity index (χ0v) is 19.7. The maximum atomic E-state index is 2.35. The third kappa shape index (κ3) is 4.06. The van der Waals surface area contributed by atoms with Crippen molar-refractivity contribution in [1.82, 2.24) is 0 Å². The topological polar surface area (TPSA) is 0 Å². The van der Waals surface area contributed by atoms with Crippen LogP contribution >= 0.6 is 94.1 Å². The van der Waals surface area contributed by atoms with E-state index in [1.807, 2.05) is 94.1 Å². The normalized spacial score (nSPS) is 24.4. The fraction of sp³-hybridized carbons (Fsp3) is 0.250. The first-order valence-electron chi connectivity index (χ1n) is 7.19. The van der Waals surface area contributed by atoms with Gasteiger partial charge in [-0.25, -0.2) is 0 Å². The highest BCUT2D eigenvalue weighted by Crippen LogP contribution is 2.62. The molecule has 0 radical (unpaired) electrons. The van der Waals surface area contributed by atoms with E-state index in [1.54, 1.807) is 0 Å². The molecule has 4 aliphatic heterocycles. The van der Waals surface area contributed by atoms with Crippen LogP contribution in [0.2, 0.25) is 0 Å². The molecule has 0 aliphatic carbocycles. The van der Waals surface area contributed by atoms with E-state index in [2.05, 4.69) is 37.0 Å². The zero-order valence-electron chi connectivity index (χ0n) is 13.2. The van der Waals surface area contributed by atoms with Gasteiger partial charge in [0.1, 0.15) is 0 Å². The molecule has 0 unspecified atom stereocenters. The second-order valence-corrected chi connectivity index (χ2v) is 14.8. The molecule has 0 saturated heterocycles. The summed E-state index contributed by atoms with van der Waals surface area (Å²) in [6.07, 6.45) is 1.08. The van der Waals surface area contributed by atoms with Crippen molar-refractivity contribution in [3.63, 3.8) is 0 Å². The van der Waals surface area contributed by atoms with Crippen LogP contribution < -0.4 is 0 Å². The molecule has 0 aromatic carbocycles. The molecule has 4 heterocycles. The molecule has 24 heavy (non-hydrogen) atoms. The van der Waals surface area contributed by atoms with E-state index >= 15 is 0 Å². The van der Waals surface area contributed by atoms with E-state index in [0.717, 1.165) is 6.42 Å². The number of thioether (sulfide) groups is 8. The van der Waals surface area contributed by atoms with Crippen molar-refractivity contribution >= 4 is 94.1 Å². The van der Waals surface area contributed by atoms with Crippen LogP contribution in [0.25, 0.3) is 0 Å². The summed E-state index contributed by atoms with van der Waals surface area (Å²) in [5, 5.41) is 6.70. The lowest BCUT2D eigenvalue weighted by Crippen LogP contribution is -1.78. The smallest absolute Gasteiger partial charge is 0.0700 e. The highest BCUT2D eigenvalue weighted by Gasteiger charge is 2.27. The Morgan fingerprint density at radius 2 is 1.25 bits per heavy atom. The summed E-state index contributed by atoms with van der Waals surface area (Å²) in [7, 11) is 0. The quantitative estimate of drug-likeness (QED) is 0.393. The molecule has 0 amide bonds. The minimum Gasteiger partial charge on any atom is -0.0884 e. The molecule has 0 spiro atoms. The van der Waals surface area contributed by atoms with Crippen molar-refractivity contribution in [3.05, 3.63) is 57.7 Å². The molecule has 0 nitrogen and oxygen atoms in total. The molecular formula is C16H14S8. The Morgan fingerprint density at radius 3 is 1.96 bits per heavy atom. The highest BCUT2D eigenvalue weighted by atomic mass is 32.2. The Bertz CT molecular complexity index is 752. The van der Waals surface area contributed by atoms with E-state index in [4.69, 9.17) is 0 Å². The monoisotopic (exact) mass is 462 g/mol. The summed E-state index contributed by atoms with van der Waals surface area (Å²) >= 11 is 15.4. The molecule has 0 saturated carbocycles. The number of hydrogen-bond donors (Lipinski definition) is 0. The standard InChI is InChI=1S/C16H14S8/c1-8-9(2)21-15(20-8)16-22-10(3)12(24-16)6-11-7-19-14(23-11)13-17-4-5-18-13/h4-5,7H,6H2,1-3H3. The second kappa shape index (κ2) is 8.09. The first-order chi connectivity index (χ1) is 11.6. The Labute approximate surface area is 177 Å². The summed E-state index contributed by atoms with van der Waals surface area (Å²) in [5.74, 6) is 0. The van der Waals surface area contributed by atoms with Crippen LogP contribution in [0.1, 0.15) is 27.2 Å². The van der Waals surface area contributed by atoms with Crippen molar-refractivity contribution in [1.29, 1.82) is 0 Å². The van der Waals surface area contributed by atoms with Crippen molar-refractivity contribution in [2.45, 2.75) is 27.2 Å². The number of rotatable bonds is 2. The Kier molecular flexibility index (Phi) is 6.26. The van der Waals surface area contributed by atoms with Gasteiger partial charge in [-0.1, -0.05) is 94.1 Å². The lowest BCUT2D eigenvalue weighted by Gasteiger charge is -2.05. The van der Waals surface area contributed by atoms with Gasteiger partial charge < -0.3 is 0 Å². The third-order valence-electron chi connectivity index (χ3n) is 3.44. The lowest BCUT2D eigenvalue weighted by atomic mass is 10.4. The van der Waals surface area contributed by atoms with Crippen LogP contribution in [-0.4, -0.2) is 0 Å². The van der Waals surface area contributed by atoms with Gasteiger partial charge in [0, 0.05) is 16.2 Å². The molecule has 0 aromatic rings. The number of allylic oxidation sites excluding steroid dienone is 5. The van der Waals surface area contributed by atoms with E-state index < -0.39 is 0 Å². The fourth-order valence-corrected chi connectivity index (χ4v) is 12.2. The molecule has 0 N–H and O–H groups in total. The zero-order chi connectivity index (χ0) is 16.7. The fourth-order valence-electron chi connectivity index (χ4n) is 2.09. The molecule has 4 rings (SSSR count). The summed E-state index contributed by atoms with van der Waals surface area (Å²) in [6.45, 7) is 6.73. The highest BCUT2D eigenvalue weighted by molar-refractivity contribution is 8.34. The van der Waals surface area contributed by atoms with Crippen LogP contribution in [0.5, 0.6) is 0 Å². The lowest BCUT2D eigenvalue weighted by molar-refractivity contribution is 1.32. The Morgan fingerprint density at radius 1 is 0.625 bits per heavy atom. The molecule has 0 bridgehead atoms. The first-order valence-corrected chi connectivity index (χ1v) is 13.9. The predicted octanol–water partition coefficient (Wildman–Crippen LogP) is 9.35. The van der Waals surface area contributed by atoms with Crippen molar-refractivity contribution in [2.24, 2.45) is 0 Å². The van der Waals surface area contributed by atoms with Crippen LogP contribution in [-0.2, 0) is 0 Å². The molecule has 126 valence electrons. The van der Waals surface area contributed by atoms with Gasteiger partial charge in [0.15, 0.2) is 0 Å². The largest absolute Gasteiger partial charge is 0.0884 e. The van der Waals surface area contributed by atoms with E-state index in [1.165, 1.54) is 41.5 Å². The SMILES string of the molecule is CC1=C(C)SC(=C2SC(C)=C(CC3=CSC(=C4SC=CS4)S3)S2)S1. The maximum absolute atomic E-state index is 2.35. The van der Waals surface area contributed by atoms with Crippen LogP contribution in [0.3, 0.4) is 0 Å². The van der Waals surface area contributed by atoms with Gasteiger partial charge in [0.25, 0.3) is 0 Å². The third-order valence-corrected chi connectivity index (χ3v) is 14.3. The molecule has 4 aliphatic rings. The van der Waals surface area contributed by atoms with Crippen LogP contribution in [0.4, 0.5) is 0 Å². The molecular weight excluding hydrogens is 449 g/mol. The Balaban J connectivity index is 1.41. The van der Waals surface area contributed by atoms with Crippen molar-refractivity contribution in [3.8, 4) is 0 Å². The predicted molar refractivity (Wildman–Crippen MR) is 128 cm³/mol. The van der Waals surface area contributed by atoms with Crippen molar-refractivity contribution in [2.75, 3.05) is 0 Å². The molecule has 8 heteroatoms. The Hall–Kier alpha value is 1.24. The summed E-state index contributed by atoms with van der Waals surface area (Å²) < 4.78 is 5.85. The van der Waals surface area contributed by atoms with E-state index in [0.29, 0.717) is 0 Å². The second-order valence-electron chi connectivity index (χ2n) is 5.14. The summed E-state index contributed by atoms with van der Waals surface area (Å²) in [5.41, 5.74) is 0.